The molecule has 0 saturated carbocycles. The normalized spacial score (nSPS) is 12.9. The molecule has 1 aromatic heterocycles. The van der Waals surface area contributed by atoms with Crippen LogP contribution in [0.3, 0.4) is 0 Å². The third kappa shape index (κ3) is 4.78. The number of halogens is 1. The number of rotatable bonds is 7. The summed E-state index contributed by atoms with van der Waals surface area (Å²) in [5, 5.41) is 2.91. The molecule has 0 fully saturated rings. The van der Waals surface area contributed by atoms with Gasteiger partial charge in [0.1, 0.15) is 10.7 Å². The van der Waals surface area contributed by atoms with E-state index in [1.807, 2.05) is 20.1 Å². The summed E-state index contributed by atoms with van der Waals surface area (Å²) in [5.41, 5.74) is 0. The molecule has 1 heterocycles. The summed E-state index contributed by atoms with van der Waals surface area (Å²) >= 11 is 4.75. The van der Waals surface area contributed by atoms with Gasteiger partial charge < -0.3 is 9.73 Å². The Kier molecular flexibility index (Phi) is 5.94. The zero-order valence-electron chi connectivity index (χ0n) is 11.4. The second-order valence-electron chi connectivity index (χ2n) is 4.67. The van der Waals surface area contributed by atoms with Crippen LogP contribution in [0.25, 0.3) is 0 Å². The van der Waals surface area contributed by atoms with Crippen LogP contribution < -0.4 is 10.0 Å². The lowest BCUT2D eigenvalue weighted by Crippen LogP contribution is -2.36. The molecular formula is C11H19BrN2O3S2. The molecule has 0 saturated heterocycles. The van der Waals surface area contributed by atoms with Crippen LogP contribution in [0, 0.1) is 0 Å². The Morgan fingerprint density at radius 2 is 2.11 bits per heavy atom. The maximum absolute atomic E-state index is 12.2. The van der Waals surface area contributed by atoms with Gasteiger partial charge in [-0.3, -0.25) is 0 Å². The first-order valence-electron chi connectivity index (χ1n) is 5.69. The molecular weight excluding hydrogens is 352 g/mol. The predicted molar refractivity (Wildman–Crippen MR) is 82.0 cm³/mol. The maximum atomic E-state index is 12.2. The molecule has 0 radical (unpaired) electrons. The lowest BCUT2D eigenvalue weighted by Gasteiger charge is -2.21. The van der Waals surface area contributed by atoms with Crippen LogP contribution in [0.15, 0.2) is 20.0 Å². The number of hydrogen-bond acceptors (Lipinski definition) is 5. The summed E-state index contributed by atoms with van der Waals surface area (Å²) in [4.78, 5) is 0.134. The number of hydrogen-bond donors (Lipinski definition) is 2. The van der Waals surface area contributed by atoms with Crippen molar-refractivity contribution >= 4 is 37.7 Å². The molecule has 110 valence electrons. The fourth-order valence-electron chi connectivity index (χ4n) is 1.26. The van der Waals surface area contributed by atoms with Crippen LogP contribution in [0.5, 0.6) is 0 Å². The van der Waals surface area contributed by atoms with E-state index >= 15 is 0 Å². The fraction of sp³-hybridized carbons (Fsp3) is 0.636. The van der Waals surface area contributed by atoms with Gasteiger partial charge in [0, 0.05) is 17.4 Å². The van der Waals surface area contributed by atoms with Crippen LogP contribution in [-0.4, -0.2) is 33.0 Å². The molecule has 0 amide bonds. The molecule has 1 rings (SSSR count). The molecule has 0 aliphatic carbocycles. The van der Waals surface area contributed by atoms with Crippen molar-refractivity contribution in [2.45, 2.75) is 30.0 Å². The van der Waals surface area contributed by atoms with Crippen molar-refractivity contribution in [3.63, 3.8) is 0 Å². The molecule has 19 heavy (non-hydrogen) atoms. The second kappa shape index (κ2) is 6.62. The fourth-order valence-corrected chi connectivity index (χ4v) is 3.78. The first-order chi connectivity index (χ1) is 8.72. The molecule has 1 aromatic rings. The van der Waals surface area contributed by atoms with Crippen LogP contribution >= 0.6 is 27.7 Å². The van der Waals surface area contributed by atoms with Gasteiger partial charge >= 0.3 is 0 Å². The van der Waals surface area contributed by atoms with E-state index < -0.39 is 10.0 Å². The predicted octanol–water partition coefficient (Wildman–Crippen LogP) is 2.18. The summed E-state index contributed by atoms with van der Waals surface area (Å²) in [6, 6.07) is 1.52. The van der Waals surface area contributed by atoms with E-state index in [0.29, 0.717) is 18.8 Å². The van der Waals surface area contributed by atoms with Crippen molar-refractivity contribution in [1.29, 1.82) is 0 Å². The van der Waals surface area contributed by atoms with Crippen LogP contribution in [-0.2, 0) is 16.6 Å². The largest absolute Gasteiger partial charge is 0.452 e. The van der Waals surface area contributed by atoms with Gasteiger partial charge in [-0.05, 0) is 43.1 Å². The topological polar surface area (TPSA) is 71.3 Å². The second-order valence-corrected chi connectivity index (χ2v) is 8.64. The highest BCUT2D eigenvalue weighted by atomic mass is 79.9. The number of sulfonamides is 1. The summed E-state index contributed by atoms with van der Waals surface area (Å²) in [6.45, 7) is 4.80. The lowest BCUT2D eigenvalue weighted by atomic mass is 10.2. The Morgan fingerprint density at radius 3 is 2.63 bits per heavy atom. The Balaban J connectivity index is 2.88. The number of furan rings is 1. The Hall–Kier alpha value is -0.0200. The minimum atomic E-state index is -3.56. The van der Waals surface area contributed by atoms with Gasteiger partial charge in [0.25, 0.3) is 0 Å². The smallest absolute Gasteiger partial charge is 0.245 e. The van der Waals surface area contributed by atoms with Crippen molar-refractivity contribution in [1.82, 2.24) is 10.0 Å². The first kappa shape index (κ1) is 17.0. The Labute approximate surface area is 127 Å². The lowest BCUT2D eigenvalue weighted by molar-refractivity contribution is 0.470. The molecule has 0 aliphatic rings. The Morgan fingerprint density at radius 1 is 1.47 bits per heavy atom. The van der Waals surface area contributed by atoms with E-state index in [1.54, 1.807) is 18.8 Å². The van der Waals surface area contributed by atoms with Crippen molar-refractivity contribution in [3.8, 4) is 0 Å². The van der Waals surface area contributed by atoms with Crippen LogP contribution in [0.1, 0.15) is 19.6 Å². The van der Waals surface area contributed by atoms with Crippen LogP contribution in [0.2, 0.25) is 0 Å². The molecule has 0 atom stereocenters. The summed E-state index contributed by atoms with van der Waals surface area (Å²) < 4.78 is 32.4. The van der Waals surface area contributed by atoms with Crippen molar-refractivity contribution in [2.24, 2.45) is 0 Å². The Bertz CT molecular complexity index is 526. The molecule has 0 spiro atoms. The van der Waals surface area contributed by atoms with Crippen molar-refractivity contribution in [3.05, 3.63) is 16.5 Å². The molecule has 5 nitrogen and oxygen atoms in total. The first-order valence-corrected chi connectivity index (χ1v) is 9.19. The van der Waals surface area contributed by atoms with Crippen molar-refractivity contribution < 1.29 is 12.8 Å². The van der Waals surface area contributed by atoms with E-state index in [0.717, 1.165) is 0 Å². The van der Waals surface area contributed by atoms with E-state index in [1.165, 1.54) is 6.07 Å². The van der Waals surface area contributed by atoms with Gasteiger partial charge in [-0.15, -0.1) is 0 Å². The van der Waals surface area contributed by atoms with Gasteiger partial charge in [0.05, 0.1) is 6.54 Å². The average molecular weight is 371 g/mol. The summed E-state index contributed by atoms with van der Waals surface area (Å²) in [6.07, 6.45) is 1.95. The molecule has 8 heteroatoms. The van der Waals surface area contributed by atoms with Crippen LogP contribution in [0.4, 0.5) is 0 Å². The number of thioether (sulfide) groups is 1. The van der Waals surface area contributed by atoms with Gasteiger partial charge in [-0.1, -0.05) is 0 Å². The third-order valence-electron chi connectivity index (χ3n) is 2.59. The van der Waals surface area contributed by atoms with Gasteiger partial charge in [0.2, 0.25) is 10.0 Å². The summed E-state index contributed by atoms with van der Waals surface area (Å²) in [7, 11) is -1.80. The molecule has 0 unspecified atom stereocenters. The SMILES string of the molecule is CNCc1cc(S(=O)(=O)NCC(C)(C)SC)c(Br)o1. The van der Waals surface area contributed by atoms with E-state index in [4.69, 9.17) is 4.42 Å². The molecule has 0 aromatic carbocycles. The number of nitrogens with one attached hydrogen (secondary N) is 2. The molecule has 0 bridgehead atoms. The highest BCUT2D eigenvalue weighted by Crippen LogP contribution is 2.27. The third-order valence-corrected chi connectivity index (χ3v) is 6.10. The zero-order valence-corrected chi connectivity index (χ0v) is 14.6. The van der Waals surface area contributed by atoms with Crippen molar-refractivity contribution in [2.75, 3.05) is 19.8 Å². The monoisotopic (exact) mass is 370 g/mol. The zero-order chi connectivity index (χ0) is 14.7. The van der Waals surface area contributed by atoms with E-state index in [9.17, 15) is 8.42 Å². The molecule has 2 N–H and O–H groups in total. The standard InChI is InChI=1S/C11H19BrN2O3S2/c1-11(2,18-4)7-14-19(15,16)9-5-8(6-13-3)17-10(9)12/h5,13-14H,6-7H2,1-4H3. The molecule has 0 aliphatic heterocycles. The van der Waals surface area contributed by atoms with Gasteiger partial charge in [0.15, 0.2) is 4.67 Å². The highest BCUT2D eigenvalue weighted by molar-refractivity contribution is 9.10. The van der Waals surface area contributed by atoms with Gasteiger partial charge in [-0.25, -0.2) is 13.1 Å². The summed E-state index contributed by atoms with van der Waals surface area (Å²) in [5.74, 6) is 0.568. The quantitative estimate of drug-likeness (QED) is 0.769. The highest BCUT2D eigenvalue weighted by Gasteiger charge is 2.25. The minimum absolute atomic E-state index is 0.134. The maximum Gasteiger partial charge on any atom is 0.245 e. The van der Waals surface area contributed by atoms with E-state index in [2.05, 4.69) is 26.0 Å². The van der Waals surface area contributed by atoms with E-state index in [-0.39, 0.29) is 14.3 Å². The average Bonchev–Trinajstić information content (AvgIpc) is 2.70. The minimum Gasteiger partial charge on any atom is -0.452 e. The van der Waals surface area contributed by atoms with Gasteiger partial charge in [-0.2, -0.15) is 11.8 Å².